The lowest BCUT2D eigenvalue weighted by atomic mass is 10.3. The number of anilines is 1. The quantitative estimate of drug-likeness (QED) is 0.857. The number of pyridine rings is 1. The molecule has 2 N–H and O–H groups in total. The molecule has 0 aliphatic carbocycles. The fraction of sp³-hybridized carbons (Fsp3) is 0.0909. The van der Waals surface area contributed by atoms with Crippen molar-refractivity contribution in [3.8, 4) is 0 Å². The van der Waals surface area contributed by atoms with Gasteiger partial charge in [0, 0.05) is 24.0 Å². The number of thiazole rings is 1. The molecular weight excluding hydrogens is 252 g/mol. The Labute approximate surface area is 107 Å². The van der Waals surface area contributed by atoms with Crippen LogP contribution in [-0.4, -0.2) is 28.3 Å². The maximum absolute atomic E-state index is 11.6. The van der Waals surface area contributed by atoms with Crippen LogP contribution in [-0.2, 0) is 4.79 Å². The first-order valence-electron chi connectivity index (χ1n) is 5.13. The number of aromatic nitrogens is 2. The van der Waals surface area contributed by atoms with Gasteiger partial charge in [-0.05, 0) is 12.1 Å². The molecule has 2 heterocycles. The van der Waals surface area contributed by atoms with Crippen LogP contribution in [0, 0.1) is 0 Å². The lowest BCUT2D eigenvalue weighted by molar-refractivity contribution is -0.115. The van der Waals surface area contributed by atoms with Crippen LogP contribution >= 0.6 is 11.3 Å². The van der Waals surface area contributed by atoms with Gasteiger partial charge in [0.05, 0.1) is 12.1 Å². The Kier molecular flexibility index (Phi) is 3.98. The Bertz CT molecular complexity index is 527. The third-order valence-corrected chi connectivity index (χ3v) is 2.70. The van der Waals surface area contributed by atoms with Gasteiger partial charge in [-0.2, -0.15) is 0 Å². The van der Waals surface area contributed by atoms with Gasteiger partial charge in [0.15, 0.2) is 5.13 Å². The van der Waals surface area contributed by atoms with E-state index in [0.717, 1.165) is 0 Å². The fourth-order valence-electron chi connectivity index (χ4n) is 1.21. The highest BCUT2D eigenvalue weighted by Crippen LogP contribution is 2.09. The number of hydrogen-bond donors (Lipinski definition) is 2. The van der Waals surface area contributed by atoms with Gasteiger partial charge < -0.3 is 10.6 Å². The van der Waals surface area contributed by atoms with Crippen molar-refractivity contribution in [2.75, 3.05) is 11.9 Å². The van der Waals surface area contributed by atoms with E-state index in [1.54, 1.807) is 29.9 Å². The minimum Gasteiger partial charge on any atom is -0.343 e. The van der Waals surface area contributed by atoms with Crippen molar-refractivity contribution in [2.45, 2.75) is 0 Å². The van der Waals surface area contributed by atoms with Gasteiger partial charge >= 0.3 is 0 Å². The summed E-state index contributed by atoms with van der Waals surface area (Å²) >= 11 is 1.32. The molecule has 0 spiro atoms. The van der Waals surface area contributed by atoms with Crippen LogP contribution in [0.2, 0.25) is 0 Å². The van der Waals surface area contributed by atoms with Crippen LogP contribution in [0.25, 0.3) is 0 Å². The van der Waals surface area contributed by atoms with Crippen LogP contribution in [0.3, 0.4) is 0 Å². The predicted molar refractivity (Wildman–Crippen MR) is 67.3 cm³/mol. The molecule has 92 valence electrons. The number of nitrogens with zero attached hydrogens (tertiary/aromatic N) is 2. The van der Waals surface area contributed by atoms with Crippen LogP contribution < -0.4 is 10.6 Å². The lowest BCUT2D eigenvalue weighted by Gasteiger charge is -2.04. The Balaban J connectivity index is 1.81. The van der Waals surface area contributed by atoms with Crippen molar-refractivity contribution < 1.29 is 9.59 Å². The predicted octanol–water partition coefficient (Wildman–Crippen LogP) is 0.907. The summed E-state index contributed by atoms with van der Waals surface area (Å²) in [6.45, 7) is -0.104. The second-order valence-corrected chi connectivity index (χ2v) is 4.20. The molecule has 7 heteroatoms. The maximum atomic E-state index is 11.6. The van der Waals surface area contributed by atoms with Crippen molar-refractivity contribution in [3.05, 3.63) is 41.7 Å². The van der Waals surface area contributed by atoms with Gasteiger partial charge in [-0.15, -0.1) is 11.3 Å². The highest BCUT2D eigenvalue weighted by atomic mass is 32.1. The van der Waals surface area contributed by atoms with E-state index in [1.807, 2.05) is 0 Å². The maximum Gasteiger partial charge on any atom is 0.253 e. The normalized spacial score (nSPS) is 9.78. The molecule has 0 unspecified atom stereocenters. The minimum absolute atomic E-state index is 0.104. The van der Waals surface area contributed by atoms with E-state index < -0.39 is 0 Å². The van der Waals surface area contributed by atoms with Gasteiger partial charge in [-0.25, -0.2) is 4.98 Å². The van der Waals surface area contributed by atoms with E-state index in [-0.39, 0.29) is 18.4 Å². The highest BCUT2D eigenvalue weighted by molar-refractivity contribution is 7.13. The molecule has 2 aromatic heterocycles. The molecular formula is C11H10N4O2S. The summed E-state index contributed by atoms with van der Waals surface area (Å²) in [4.78, 5) is 30.8. The molecule has 0 atom stereocenters. The van der Waals surface area contributed by atoms with E-state index in [2.05, 4.69) is 20.6 Å². The zero-order chi connectivity index (χ0) is 12.8. The second-order valence-electron chi connectivity index (χ2n) is 3.31. The Morgan fingerprint density at radius 1 is 1.33 bits per heavy atom. The molecule has 2 aromatic rings. The molecule has 0 saturated heterocycles. The molecule has 18 heavy (non-hydrogen) atoms. The Hall–Kier alpha value is -2.28. The first-order valence-corrected chi connectivity index (χ1v) is 6.01. The van der Waals surface area contributed by atoms with E-state index >= 15 is 0 Å². The molecule has 2 amide bonds. The van der Waals surface area contributed by atoms with Crippen LogP contribution in [0.1, 0.15) is 10.4 Å². The van der Waals surface area contributed by atoms with Crippen molar-refractivity contribution in [1.29, 1.82) is 0 Å². The van der Waals surface area contributed by atoms with Gasteiger partial charge in [0.1, 0.15) is 0 Å². The first-order chi connectivity index (χ1) is 8.75. The third-order valence-electron chi connectivity index (χ3n) is 2.01. The number of rotatable bonds is 4. The second kappa shape index (κ2) is 5.87. The topological polar surface area (TPSA) is 84.0 Å². The zero-order valence-electron chi connectivity index (χ0n) is 9.29. The molecule has 2 rings (SSSR count). The molecule has 0 saturated carbocycles. The van der Waals surface area contributed by atoms with Crippen LogP contribution in [0.5, 0.6) is 0 Å². The molecule has 0 aromatic carbocycles. The molecule has 0 aliphatic rings. The number of hydrogen-bond acceptors (Lipinski definition) is 5. The standard InChI is InChI=1S/C11H10N4O2S/c16-9(15-11-13-4-5-18-11)7-14-10(17)8-2-1-3-12-6-8/h1-6H,7H2,(H,14,17)(H,13,15,16). The van der Waals surface area contributed by atoms with E-state index in [0.29, 0.717) is 10.7 Å². The smallest absolute Gasteiger partial charge is 0.253 e. The summed E-state index contributed by atoms with van der Waals surface area (Å²) in [6.07, 6.45) is 4.61. The first kappa shape index (κ1) is 12.2. The Morgan fingerprint density at radius 3 is 2.89 bits per heavy atom. The van der Waals surface area contributed by atoms with Gasteiger partial charge in [-0.3, -0.25) is 14.6 Å². The average molecular weight is 262 g/mol. The average Bonchev–Trinajstić information content (AvgIpc) is 2.90. The summed E-state index contributed by atoms with van der Waals surface area (Å²) in [7, 11) is 0. The fourth-order valence-corrected chi connectivity index (χ4v) is 1.75. The lowest BCUT2D eigenvalue weighted by Crippen LogP contribution is -2.32. The molecule has 0 fully saturated rings. The van der Waals surface area contributed by atoms with Crippen LogP contribution in [0.4, 0.5) is 5.13 Å². The van der Waals surface area contributed by atoms with Crippen LogP contribution in [0.15, 0.2) is 36.1 Å². The largest absolute Gasteiger partial charge is 0.343 e. The van der Waals surface area contributed by atoms with Crippen molar-refractivity contribution in [1.82, 2.24) is 15.3 Å². The van der Waals surface area contributed by atoms with Gasteiger partial charge in [-0.1, -0.05) is 0 Å². The summed E-state index contributed by atoms with van der Waals surface area (Å²) in [5.74, 6) is -0.653. The minimum atomic E-state index is -0.336. The summed E-state index contributed by atoms with van der Waals surface area (Å²) in [5.41, 5.74) is 0.416. The van der Waals surface area contributed by atoms with E-state index in [1.165, 1.54) is 17.5 Å². The zero-order valence-corrected chi connectivity index (χ0v) is 10.1. The van der Waals surface area contributed by atoms with Crippen molar-refractivity contribution >= 4 is 28.3 Å². The van der Waals surface area contributed by atoms with Gasteiger partial charge in [0.2, 0.25) is 5.91 Å². The number of carbonyl (C=O) groups excluding carboxylic acids is 2. The summed E-state index contributed by atoms with van der Waals surface area (Å²) in [5, 5.41) is 7.33. The van der Waals surface area contributed by atoms with Gasteiger partial charge in [0.25, 0.3) is 5.91 Å². The third kappa shape index (κ3) is 3.36. The monoisotopic (exact) mass is 262 g/mol. The highest BCUT2D eigenvalue weighted by Gasteiger charge is 2.08. The molecule has 0 radical (unpaired) electrons. The number of carbonyl (C=O) groups is 2. The number of nitrogens with one attached hydrogen (secondary N) is 2. The van der Waals surface area contributed by atoms with E-state index in [9.17, 15) is 9.59 Å². The molecule has 6 nitrogen and oxygen atoms in total. The summed E-state index contributed by atoms with van der Waals surface area (Å²) < 4.78 is 0. The van der Waals surface area contributed by atoms with E-state index in [4.69, 9.17) is 0 Å². The Morgan fingerprint density at radius 2 is 2.22 bits per heavy atom. The SMILES string of the molecule is O=C(CNC(=O)c1cccnc1)Nc1nccs1. The van der Waals surface area contributed by atoms with Crippen molar-refractivity contribution in [2.24, 2.45) is 0 Å². The molecule has 0 bridgehead atoms. The number of amides is 2. The van der Waals surface area contributed by atoms with Crippen molar-refractivity contribution in [3.63, 3.8) is 0 Å². The molecule has 0 aliphatic heterocycles. The summed E-state index contributed by atoms with van der Waals surface area (Å²) in [6, 6.07) is 3.28.